The number of para-hydroxylation sites is 2. The maximum absolute atomic E-state index is 4.78. The van der Waals surface area contributed by atoms with Crippen LogP contribution in [0.25, 0.3) is 11.0 Å². The molecule has 1 aromatic heterocycles. The number of hydrogen-bond donors (Lipinski definition) is 0. The van der Waals surface area contributed by atoms with Crippen molar-refractivity contribution in [2.45, 2.75) is 33.2 Å². The average Bonchev–Trinajstić information content (AvgIpc) is 2.42. The van der Waals surface area contributed by atoms with Gasteiger partial charge in [0.1, 0.15) is 0 Å². The van der Waals surface area contributed by atoms with Gasteiger partial charge in [0.2, 0.25) is 0 Å². The van der Waals surface area contributed by atoms with Crippen molar-refractivity contribution >= 4 is 11.0 Å². The Balaban J connectivity index is 1.82. The van der Waals surface area contributed by atoms with E-state index in [1.807, 2.05) is 24.3 Å². The fraction of sp³-hybridized carbons (Fsp3) is 0.500. The minimum atomic E-state index is 0.875. The molecular formula is C16H21N3. The van der Waals surface area contributed by atoms with Gasteiger partial charge >= 0.3 is 0 Å². The Hall–Kier alpha value is -1.48. The van der Waals surface area contributed by atoms with Gasteiger partial charge in [-0.2, -0.15) is 0 Å². The number of rotatable bonds is 2. The SMILES string of the molecule is Cc1nc2ccccc2nc1CN1CCC(C)CC1. The smallest absolute Gasteiger partial charge is 0.0890 e. The van der Waals surface area contributed by atoms with Crippen LogP contribution in [0, 0.1) is 12.8 Å². The van der Waals surface area contributed by atoms with Gasteiger partial charge in [-0.05, 0) is 50.9 Å². The second-order valence-electron chi connectivity index (χ2n) is 5.70. The number of hydrogen-bond acceptors (Lipinski definition) is 3. The molecule has 3 nitrogen and oxygen atoms in total. The van der Waals surface area contributed by atoms with Crippen LogP contribution >= 0.6 is 0 Å². The molecule has 0 saturated carbocycles. The van der Waals surface area contributed by atoms with Gasteiger partial charge in [0, 0.05) is 6.54 Å². The minimum Gasteiger partial charge on any atom is -0.297 e. The molecule has 0 radical (unpaired) electrons. The third-order valence-electron chi connectivity index (χ3n) is 4.09. The summed E-state index contributed by atoms with van der Waals surface area (Å²) in [7, 11) is 0. The van der Waals surface area contributed by atoms with Gasteiger partial charge in [-0.3, -0.25) is 4.90 Å². The molecular weight excluding hydrogens is 234 g/mol. The number of piperidine rings is 1. The Bertz CT molecular complexity index is 571. The lowest BCUT2D eigenvalue weighted by Crippen LogP contribution is -2.33. The average molecular weight is 255 g/mol. The molecule has 0 unspecified atom stereocenters. The molecule has 100 valence electrons. The summed E-state index contributed by atoms with van der Waals surface area (Å²) in [6.45, 7) is 7.74. The number of nitrogens with zero attached hydrogens (tertiary/aromatic N) is 3. The van der Waals surface area contributed by atoms with Crippen LogP contribution < -0.4 is 0 Å². The van der Waals surface area contributed by atoms with Crippen LogP contribution in [0.1, 0.15) is 31.2 Å². The minimum absolute atomic E-state index is 0.875. The van der Waals surface area contributed by atoms with E-state index in [4.69, 9.17) is 4.98 Å². The van der Waals surface area contributed by atoms with Crippen LogP contribution in [0.2, 0.25) is 0 Å². The summed E-state index contributed by atoms with van der Waals surface area (Å²) < 4.78 is 0. The fourth-order valence-corrected chi connectivity index (χ4v) is 2.71. The van der Waals surface area contributed by atoms with E-state index in [0.29, 0.717) is 0 Å². The van der Waals surface area contributed by atoms with Crippen molar-refractivity contribution in [1.82, 2.24) is 14.9 Å². The van der Waals surface area contributed by atoms with E-state index in [2.05, 4.69) is 23.7 Å². The van der Waals surface area contributed by atoms with Crippen molar-refractivity contribution < 1.29 is 0 Å². The molecule has 0 aliphatic carbocycles. The predicted molar refractivity (Wildman–Crippen MR) is 78.0 cm³/mol. The maximum Gasteiger partial charge on any atom is 0.0890 e. The van der Waals surface area contributed by atoms with Gasteiger partial charge in [-0.25, -0.2) is 9.97 Å². The Morgan fingerprint density at radius 2 is 1.74 bits per heavy atom. The number of benzene rings is 1. The zero-order valence-electron chi connectivity index (χ0n) is 11.8. The van der Waals surface area contributed by atoms with E-state index in [-0.39, 0.29) is 0 Å². The summed E-state index contributed by atoms with van der Waals surface area (Å²) in [6, 6.07) is 8.12. The zero-order valence-corrected chi connectivity index (χ0v) is 11.8. The molecule has 1 aliphatic rings. The van der Waals surface area contributed by atoms with Crippen molar-refractivity contribution in [2.24, 2.45) is 5.92 Å². The lowest BCUT2D eigenvalue weighted by Gasteiger charge is -2.30. The quantitative estimate of drug-likeness (QED) is 0.825. The van der Waals surface area contributed by atoms with Crippen molar-refractivity contribution in [1.29, 1.82) is 0 Å². The molecule has 3 heteroatoms. The Kier molecular flexibility index (Phi) is 3.47. The van der Waals surface area contributed by atoms with Crippen LogP contribution in [-0.4, -0.2) is 28.0 Å². The summed E-state index contributed by atoms with van der Waals surface area (Å²) >= 11 is 0. The largest absolute Gasteiger partial charge is 0.297 e. The van der Waals surface area contributed by atoms with Gasteiger partial charge in [0.05, 0.1) is 22.4 Å². The topological polar surface area (TPSA) is 29.0 Å². The predicted octanol–water partition coefficient (Wildman–Crippen LogP) is 3.17. The van der Waals surface area contributed by atoms with Crippen molar-refractivity contribution in [3.63, 3.8) is 0 Å². The first-order chi connectivity index (χ1) is 9.22. The number of aromatic nitrogens is 2. The van der Waals surface area contributed by atoms with E-state index in [0.717, 1.165) is 34.9 Å². The summed E-state index contributed by atoms with van der Waals surface area (Å²) in [5, 5.41) is 0. The Morgan fingerprint density at radius 1 is 1.11 bits per heavy atom. The van der Waals surface area contributed by atoms with Gasteiger partial charge in [-0.1, -0.05) is 19.1 Å². The molecule has 0 bridgehead atoms. The summed E-state index contributed by atoms with van der Waals surface area (Å²) in [5.41, 5.74) is 4.20. The molecule has 0 atom stereocenters. The molecule has 0 amide bonds. The normalized spacial score (nSPS) is 18.0. The highest BCUT2D eigenvalue weighted by molar-refractivity contribution is 5.74. The second kappa shape index (κ2) is 5.25. The first-order valence-corrected chi connectivity index (χ1v) is 7.17. The molecule has 0 spiro atoms. The van der Waals surface area contributed by atoms with E-state index < -0.39 is 0 Å². The fourth-order valence-electron chi connectivity index (χ4n) is 2.71. The molecule has 1 saturated heterocycles. The summed E-state index contributed by atoms with van der Waals surface area (Å²) in [4.78, 5) is 12.0. The molecule has 2 heterocycles. The Morgan fingerprint density at radius 3 is 2.42 bits per heavy atom. The lowest BCUT2D eigenvalue weighted by molar-refractivity contribution is 0.183. The molecule has 1 aliphatic heterocycles. The van der Waals surface area contributed by atoms with Crippen LogP contribution in [0.15, 0.2) is 24.3 Å². The van der Waals surface area contributed by atoms with E-state index in [9.17, 15) is 0 Å². The van der Waals surface area contributed by atoms with Crippen LogP contribution in [0.3, 0.4) is 0 Å². The van der Waals surface area contributed by atoms with E-state index >= 15 is 0 Å². The maximum atomic E-state index is 4.78. The third kappa shape index (κ3) is 2.76. The van der Waals surface area contributed by atoms with Gasteiger partial charge in [0.25, 0.3) is 0 Å². The highest BCUT2D eigenvalue weighted by Gasteiger charge is 2.17. The number of fused-ring (bicyclic) bond motifs is 1. The zero-order chi connectivity index (χ0) is 13.2. The lowest BCUT2D eigenvalue weighted by atomic mass is 9.99. The summed E-state index contributed by atoms with van der Waals surface area (Å²) in [6.07, 6.45) is 2.61. The van der Waals surface area contributed by atoms with Crippen molar-refractivity contribution in [3.8, 4) is 0 Å². The second-order valence-corrected chi connectivity index (χ2v) is 5.70. The first-order valence-electron chi connectivity index (χ1n) is 7.17. The van der Waals surface area contributed by atoms with Gasteiger partial charge < -0.3 is 0 Å². The van der Waals surface area contributed by atoms with Crippen molar-refractivity contribution in [3.05, 3.63) is 35.7 Å². The number of aryl methyl sites for hydroxylation is 1. The highest BCUT2D eigenvalue weighted by atomic mass is 15.1. The van der Waals surface area contributed by atoms with Gasteiger partial charge in [-0.15, -0.1) is 0 Å². The summed E-state index contributed by atoms with van der Waals surface area (Å²) in [5.74, 6) is 0.875. The molecule has 1 aromatic carbocycles. The van der Waals surface area contributed by atoms with Crippen LogP contribution in [-0.2, 0) is 6.54 Å². The number of likely N-dealkylation sites (tertiary alicyclic amines) is 1. The first kappa shape index (κ1) is 12.5. The molecule has 1 fully saturated rings. The molecule has 3 rings (SSSR count). The highest BCUT2D eigenvalue weighted by Crippen LogP contribution is 2.19. The molecule has 19 heavy (non-hydrogen) atoms. The van der Waals surface area contributed by atoms with E-state index in [1.165, 1.54) is 25.9 Å². The standard InChI is InChI=1S/C16H21N3/c1-12-7-9-19(10-8-12)11-16-13(2)17-14-5-3-4-6-15(14)18-16/h3-6,12H,7-11H2,1-2H3. The van der Waals surface area contributed by atoms with Gasteiger partial charge in [0.15, 0.2) is 0 Å². The Labute approximate surface area is 114 Å². The van der Waals surface area contributed by atoms with Crippen LogP contribution in [0.5, 0.6) is 0 Å². The monoisotopic (exact) mass is 255 g/mol. The van der Waals surface area contributed by atoms with E-state index in [1.54, 1.807) is 0 Å². The van der Waals surface area contributed by atoms with Crippen molar-refractivity contribution in [2.75, 3.05) is 13.1 Å². The molecule has 2 aromatic rings. The molecule has 0 N–H and O–H groups in total. The third-order valence-corrected chi connectivity index (χ3v) is 4.09. The van der Waals surface area contributed by atoms with Crippen LogP contribution in [0.4, 0.5) is 0 Å².